The van der Waals surface area contributed by atoms with Crippen molar-refractivity contribution in [3.8, 4) is 27.4 Å². The van der Waals surface area contributed by atoms with Crippen LogP contribution in [0.25, 0.3) is 21.7 Å². The van der Waals surface area contributed by atoms with Gasteiger partial charge in [0.05, 0.1) is 45.8 Å². The second kappa shape index (κ2) is 16.9. The van der Waals surface area contributed by atoms with Gasteiger partial charge in [0.1, 0.15) is 23.7 Å². The number of piperazine rings is 1. The number of para-hydroxylation sites is 1. The monoisotopic (exact) mass is 803 g/mol. The van der Waals surface area contributed by atoms with Crippen molar-refractivity contribution in [2.45, 2.75) is 65.3 Å². The fourth-order valence-corrected chi connectivity index (χ4v) is 8.32. The van der Waals surface area contributed by atoms with Crippen LogP contribution >= 0.6 is 11.3 Å². The van der Waals surface area contributed by atoms with E-state index in [1.807, 2.05) is 76.5 Å². The number of aromatic hydroxyl groups is 1. The van der Waals surface area contributed by atoms with Crippen LogP contribution in [0.15, 0.2) is 84.6 Å². The molecule has 2 aliphatic rings. The number of aliphatic hydroxyl groups excluding tert-OH is 1. The normalized spacial score (nSPS) is 18.1. The van der Waals surface area contributed by atoms with Gasteiger partial charge >= 0.3 is 0 Å². The fourth-order valence-electron chi connectivity index (χ4n) is 7.51. The number of nitrogens with one attached hydrogen (secondary N) is 2. The van der Waals surface area contributed by atoms with Gasteiger partial charge in [-0.05, 0) is 60.7 Å². The summed E-state index contributed by atoms with van der Waals surface area (Å²) in [5.74, 6) is -0.470. The highest BCUT2D eigenvalue weighted by molar-refractivity contribution is 7.13. The number of β-amino-alcohol motifs (C(OH)–C–C–N with tert-alkyl or cyclic N) is 1. The number of carbonyl (C=O) groups excluding carboxylic acids is 3. The zero-order chi connectivity index (χ0) is 41.1. The summed E-state index contributed by atoms with van der Waals surface area (Å²) in [5.41, 5.74) is 6.45. The second-order valence-electron chi connectivity index (χ2n) is 16.0. The van der Waals surface area contributed by atoms with Crippen LogP contribution < -0.4 is 20.4 Å². The Bertz CT molecular complexity index is 2270. The van der Waals surface area contributed by atoms with E-state index in [0.29, 0.717) is 48.8 Å². The van der Waals surface area contributed by atoms with E-state index >= 15 is 0 Å². The molecule has 58 heavy (non-hydrogen) atoms. The molecule has 3 amide bonds. The van der Waals surface area contributed by atoms with Crippen LogP contribution in [0.3, 0.4) is 0 Å². The maximum Gasteiger partial charge on any atom is 0.252 e. The molecular weight excluding hydrogens is 755 g/mol. The van der Waals surface area contributed by atoms with Crippen LogP contribution in [-0.4, -0.2) is 104 Å². The number of hydrogen-bond acceptors (Lipinski definition) is 12. The molecule has 2 aliphatic heterocycles. The van der Waals surface area contributed by atoms with Crippen molar-refractivity contribution >= 4 is 40.6 Å². The summed E-state index contributed by atoms with van der Waals surface area (Å²) in [4.78, 5) is 57.6. The van der Waals surface area contributed by atoms with E-state index in [-0.39, 0.29) is 30.7 Å². The molecule has 0 bridgehead atoms. The highest BCUT2D eigenvalue weighted by Crippen LogP contribution is 2.32. The number of phenolic OH excluding ortho intramolecular Hbond substituents is 1. The zero-order valence-electron chi connectivity index (χ0n) is 33.3. The van der Waals surface area contributed by atoms with E-state index in [4.69, 9.17) is 0 Å². The van der Waals surface area contributed by atoms with E-state index in [1.165, 1.54) is 4.90 Å². The third kappa shape index (κ3) is 8.80. The number of anilines is 2. The Morgan fingerprint density at radius 1 is 0.931 bits per heavy atom. The Balaban J connectivity index is 0.989. The smallest absolute Gasteiger partial charge is 0.252 e. The largest absolute Gasteiger partial charge is 0.507 e. The molecule has 5 heterocycles. The summed E-state index contributed by atoms with van der Waals surface area (Å²) in [5, 5.41) is 35.4. The van der Waals surface area contributed by atoms with Crippen LogP contribution in [-0.2, 0) is 9.59 Å². The molecule has 7 rings (SSSR count). The van der Waals surface area contributed by atoms with Crippen molar-refractivity contribution in [1.82, 2.24) is 35.7 Å². The standard InChI is InChI=1S/C43H49N9O5S/c1-26(28-10-12-29(13-11-28)38-27(2)45-25-58-38)47-41(56)35-22-32(53)24-52(35)42(57)39(43(3,4)5)48-40(55)30-14-15-44-37(20-30)51-18-16-50(17-19-51)31-21-34(49-46-23-31)33-8-6-7-9-36(33)54/h6-15,20-21,23,25-26,32,35,39,53-54H,16-19,22,24H2,1-5H3,(H,47,56)(H,48,55)/t26?,32-,35+,39?/m1/s1. The molecule has 4 N–H and O–H groups in total. The van der Waals surface area contributed by atoms with Crippen LogP contribution in [0.1, 0.15) is 61.8 Å². The third-order valence-electron chi connectivity index (χ3n) is 10.8. The molecular formula is C43H49N9O5S. The Hall–Kier alpha value is -5.93. The quantitative estimate of drug-likeness (QED) is 0.150. The number of carbonyl (C=O) groups is 3. The number of pyridine rings is 1. The fraction of sp³-hybridized carbons (Fsp3) is 0.372. The van der Waals surface area contributed by atoms with Gasteiger partial charge < -0.3 is 35.5 Å². The molecule has 15 heteroatoms. The third-order valence-corrected chi connectivity index (χ3v) is 11.8. The number of aliphatic hydroxyl groups is 1. The van der Waals surface area contributed by atoms with Crippen LogP contribution in [0.4, 0.5) is 11.5 Å². The van der Waals surface area contributed by atoms with Gasteiger partial charge in [-0.1, -0.05) is 57.2 Å². The van der Waals surface area contributed by atoms with E-state index in [0.717, 1.165) is 27.4 Å². The van der Waals surface area contributed by atoms with E-state index < -0.39 is 35.4 Å². The Kier molecular flexibility index (Phi) is 11.7. The minimum Gasteiger partial charge on any atom is -0.507 e. The lowest BCUT2D eigenvalue weighted by atomic mass is 9.85. The minimum atomic E-state index is -0.988. The van der Waals surface area contributed by atoms with Crippen molar-refractivity contribution in [1.29, 1.82) is 0 Å². The van der Waals surface area contributed by atoms with Gasteiger partial charge in [0, 0.05) is 56.5 Å². The van der Waals surface area contributed by atoms with Crippen molar-refractivity contribution < 1.29 is 24.6 Å². The first kappa shape index (κ1) is 40.3. The molecule has 0 saturated carbocycles. The molecule has 2 unspecified atom stereocenters. The molecule has 2 aromatic carbocycles. The lowest BCUT2D eigenvalue weighted by Crippen LogP contribution is -2.57. The van der Waals surface area contributed by atoms with Gasteiger partial charge in [-0.2, -0.15) is 10.2 Å². The van der Waals surface area contributed by atoms with Gasteiger partial charge in [-0.15, -0.1) is 11.3 Å². The van der Waals surface area contributed by atoms with Gasteiger partial charge in [0.2, 0.25) is 11.8 Å². The van der Waals surface area contributed by atoms with Gasteiger partial charge in [0.25, 0.3) is 5.91 Å². The Morgan fingerprint density at radius 2 is 1.66 bits per heavy atom. The summed E-state index contributed by atoms with van der Waals surface area (Å²) in [7, 11) is 0. The number of thiazole rings is 1. The first-order valence-corrected chi connectivity index (χ1v) is 20.3. The molecule has 2 saturated heterocycles. The summed E-state index contributed by atoms with van der Waals surface area (Å²) in [6, 6.07) is 18.0. The predicted octanol–water partition coefficient (Wildman–Crippen LogP) is 4.99. The second-order valence-corrected chi connectivity index (χ2v) is 16.8. The number of rotatable bonds is 10. The van der Waals surface area contributed by atoms with Gasteiger partial charge in [0.15, 0.2) is 0 Å². The number of hydrogen-bond donors (Lipinski definition) is 4. The number of amides is 3. The average Bonchev–Trinajstić information content (AvgIpc) is 3.84. The Labute approximate surface area is 342 Å². The van der Waals surface area contributed by atoms with Crippen molar-refractivity contribution in [3.63, 3.8) is 0 Å². The minimum absolute atomic E-state index is 0.0202. The van der Waals surface area contributed by atoms with E-state index in [1.54, 1.807) is 54.1 Å². The SMILES string of the molecule is Cc1ncsc1-c1ccc(C(C)NC(=O)[C@@H]2C[C@@H](O)CN2C(=O)C(NC(=O)c2ccnc(N3CCN(c4cnnc(-c5ccccc5O)c4)CC3)c2)C(C)(C)C)cc1. The molecule has 302 valence electrons. The summed E-state index contributed by atoms with van der Waals surface area (Å²) < 4.78 is 0. The number of nitrogens with zero attached hydrogens (tertiary/aromatic N) is 7. The van der Waals surface area contributed by atoms with Crippen molar-refractivity contribution in [2.24, 2.45) is 5.41 Å². The van der Waals surface area contributed by atoms with E-state index in [2.05, 4.69) is 40.6 Å². The van der Waals surface area contributed by atoms with Gasteiger partial charge in [-0.3, -0.25) is 14.4 Å². The first-order chi connectivity index (χ1) is 27.8. The van der Waals surface area contributed by atoms with Crippen LogP contribution in [0, 0.1) is 12.3 Å². The molecule has 0 spiro atoms. The zero-order valence-corrected chi connectivity index (χ0v) is 34.1. The number of phenols is 1. The molecule has 4 atom stereocenters. The van der Waals surface area contributed by atoms with Gasteiger partial charge in [-0.25, -0.2) is 9.97 Å². The van der Waals surface area contributed by atoms with Crippen LogP contribution in [0.5, 0.6) is 5.75 Å². The average molecular weight is 804 g/mol. The molecule has 2 fully saturated rings. The number of likely N-dealkylation sites (tertiary alicyclic amines) is 1. The molecule has 14 nitrogen and oxygen atoms in total. The highest BCUT2D eigenvalue weighted by atomic mass is 32.1. The summed E-state index contributed by atoms with van der Waals surface area (Å²) in [6.07, 6.45) is 2.50. The maximum atomic E-state index is 14.3. The topological polar surface area (TPSA) is 177 Å². The molecule has 5 aromatic rings. The molecule has 3 aromatic heterocycles. The summed E-state index contributed by atoms with van der Waals surface area (Å²) in [6.45, 7) is 12.0. The van der Waals surface area contributed by atoms with Crippen molar-refractivity contribution in [3.05, 3.63) is 101 Å². The van der Waals surface area contributed by atoms with Crippen molar-refractivity contribution in [2.75, 3.05) is 42.5 Å². The summed E-state index contributed by atoms with van der Waals surface area (Å²) >= 11 is 1.58. The molecule has 0 radical (unpaired) electrons. The maximum absolute atomic E-state index is 14.3. The van der Waals surface area contributed by atoms with E-state index in [9.17, 15) is 24.6 Å². The predicted molar refractivity (Wildman–Crippen MR) is 223 cm³/mol. The number of aryl methyl sites for hydroxylation is 1. The Morgan fingerprint density at radius 3 is 2.34 bits per heavy atom. The molecule has 0 aliphatic carbocycles. The number of benzene rings is 2. The highest BCUT2D eigenvalue weighted by Gasteiger charge is 2.45. The lowest BCUT2D eigenvalue weighted by Gasteiger charge is -2.37. The number of aromatic nitrogens is 4. The first-order valence-electron chi connectivity index (χ1n) is 19.4. The lowest BCUT2D eigenvalue weighted by molar-refractivity contribution is -0.142. The van der Waals surface area contributed by atoms with Crippen LogP contribution in [0.2, 0.25) is 0 Å².